The molecule has 1 N–H and O–H groups in total. The van der Waals surface area contributed by atoms with Crippen LogP contribution in [0.15, 0.2) is 12.1 Å². The zero-order valence-electron chi connectivity index (χ0n) is 12.8. The maximum atomic E-state index is 14.1. The van der Waals surface area contributed by atoms with Crippen LogP contribution in [0.25, 0.3) is 0 Å². The summed E-state index contributed by atoms with van der Waals surface area (Å²) in [5.74, 6) is -1.36. The Kier molecular flexibility index (Phi) is 4.92. The number of benzene rings is 1. The zero-order valence-corrected chi connectivity index (χ0v) is 13.5. The largest absolute Gasteiger partial charge is 0.444 e. The van der Waals surface area contributed by atoms with E-state index in [0.717, 1.165) is 12.1 Å². The fraction of sp³-hybridized carbons (Fsp3) is 0.533. The molecule has 1 fully saturated rings. The van der Waals surface area contributed by atoms with Gasteiger partial charge in [0.05, 0.1) is 11.1 Å². The van der Waals surface area contributed by atoms with E-state index in [1.807, 2.05) is 0 Å². The number of carbonyl (C=O) groups is 1. The second-order valence-corrected chi connectivity index (χ2v) is 6.53. The van der Waals surface area contributed by atoms with Gasteiger partial charge in [0.1, 0.15) is 17.2 Å². The summed E-state index contributed by atoms with van der Waals surface area (Å²) in [5.41, 5.74) is -0.698. The van der Waals surface area contributed by atoms with Crippen LogP contribution in [-0.4, -0.2) is 36.2 Å². The lowest BCUT2D eigenvalue weighted by molar-refractivity contribution is 0.0114. The molecule has 22 heavy (non-hydrogen) atoms. The number of hydrogen-bond acceptors (Lipinski definition) is 3. The van der Waals surface area contributed by atoms with Gasteiger partial charge in [-0.1, -0.05) is 11.6 Å². The van der Waals surface area contributed by atoms with Gasteiger partial charge in [0, 0.05) is 25.2 Å². The van der Waals surface area contributed by atoms with Crippen molar-refractivity contribution in [2.75, 3.05) is 19.6 Å². The Labute approximate surface area is 133 Å². The number of hydrogen-bond donors (Lipinski definition) is 1. The van der Waals surface area contributed by atoms with Crippen LogP contribution in [0.5, 0.6) is 0 Å². The van der Waals surface area contributed by atoms with Crippen LogP contribution in [0.3, 0.4) is 0 Å². The van der Waals surface area contributed by atoms with Crippen LogP contribution in [-0.2, 0) is 4.74 Å². The Bertz CT molecular complexity index is 575. The van der Waals surface area contributed by atoms with Gasteiger partial charge in [-0.05, 0) is 32.9 Å². The number of piperazine rings is 1. The van der Waals surface area contributed by atoms with E-state index < -0.39 is 29.4 Å². The standard InChI is InChI=1S/C15H19ClF2N2O2/c1-15(2,3)22-14(21)20-7-6-19-8-11(20)12-9(17)4-5-10(18)13(12)16/h4-5,11,19H,6-8H2,1-3H3. The highest BCUT2D eigenvalue weighted by atomic mass is 35.5. The molecule has 1 aromatic rings. The van der Waals surface area contributed by atoms with Gasteiger partial charge in [-0.2, -0.15) is 0 Å². The molecule has 2 rings (SSSR count). The lowest BCUT2D eigenvalue weighted by Crippen LogP contribution is -2.50. The molecule has 0 radical (unpaired) electrons. The lowest BCUT2D eigenvalue weighted by Gasteiger charge is -2.37. The lowest BCUT2D eigenvalue weighted by atomic mass is 10.0. The van der Waals surface area contributed by atoms with Gasteiger partial charge < -0.3 is 10.1 Å². The number of nitrogens with one attached hydrogen (secondary N) is 1. The summed E-state index contributed by atoms with van der Waals surface area (Å²) in [7, 11) is 0. The summed E-state index contributed by atoms with van der Waals surface area (Å²) in [4.78, 5) is 13.7. The van der Waals surface area contributed by atoms with Crippen LogP contribution < -0.4 is 5.32 Å². The third-order valence-electron chi connectivity index (χ3n) is 3.28. The second-order valence-electron chi connectivity index (χ2n) is 6.15. The fourth-order valence-electron chi connectivity index (χ4n) is 2.35. The summed E-state index contributed by atoms with van der Waals surface area (Å²) in [6.07, 6.45) is -0.571. The topological polar surface area (TPSA) is 41.6 Å². The summed E-state index contributed by atoms with van der Waals surface area (Å²) in [5, 5.41) is 2.75. The molecule has 0 saturated carbocycles. The van der Waals surface area contributed by atoms with E-state index >= 15 is 0 Å². The molecular formula is C15H19ClF2N2O2. The number of carbonyl (C=O) groups excluding carboxylic acids is 1. The van der Waals surface area contributed by atoms with Crippen molar-refractivity contribution in [3.05, 3.63) is 34.4 Å². The van der Waals surface area contributed by atoms with Gasteiger partial charge in [0.25, 0.3) is 0 Å². The molecule has 0 bridgehead atoms. The molecule has 122 valence electrons. The quantitative estimate of drug-likeness (QED) is 0.800. The highest BCUT2D eigenvalue weighted by Crippen LogP contribution is 2.33. The SMILES string of the molecule is CC(C)(C)OC(=O)N1CCNCC1c1c(F)ccc(F)c1Cl. The van der Waals surface area contributed by atoms with E-state index in [1.165, 1.54) is 4.90 Å². The Balaban J connectivity index is 2.35. The molecule has 1 saturated heterocycles. The van der Waals surface area contributed by atoms with E-state index in [0.29, 0.717) is 13.1 Å². The summed E-state index contributed by atoms with van der Waals surface area (Å²) in [6.45, 7) is 6.39. The Morgan fingerprint density at radius 2 is 2.00 bits per heavy atom. The summed E-state index contributed by atoms with van der Waals surface area (Å²) in [6, 6.07) is 1.26. The Hall–Kier alpha value is -1.40. The normalized spacial score (nSPS) is 19.2. The van der Waals surface area contributed by atoms with Crippen molar-refractivity contribution in [1.29, 1.82) is 0 Å². The van der Waals surface area contributed by atoms with Crippen molar-refractivity contribution < 1.29 is 18.3 Å². The van der Waals surface area contributed by atoms with Gasteiger partial charge in [-0.15, -0.1) is 0 Å². The van der Waals surface area contributed by atoms with Crippen molar-refractivity contribution in [2.45, 2.75) is 32.4 Å². The fourth-order valence-corrected chi connectivity index (χ4v) is 2.63. The number of amides is 1. The number of ether oxygens (including phenoxy) is 1. The molecule has 1 aromatic carbocycles. The minimum atomic E-state index is -0.716. The highest BCUT2D eigenvalue weighted by molar-refractivity contribution is 6.31. The molecule has 0 spiro atoms. The first-order valence-electron chi connectivity index (χ1n) is 7.04. The van der Waals surface area contributed by atoms with Crippen LogP contribution in [0.4, 0.5) is 13.6 Å². The molecular weight excluding hydrogens is 314 g/mol. The van der Waals surface area contributed by atoms with Gasteiger partial charge in [-0.25, -0.2) is 13.6 Å². The van der Waals surface area contributed by atoms with Crippen LogP contribution in [0.1, 0.15) is 32.4 Å². The molecule has 0 aliphatic carbocycles. The van der Waals surface area contributed by atoms with Gasteiger partial charge in [0.15, 0.2) is 0 Å². The maximum Gasteiger partial charge on any atom is 0.410 e. The van der Waals surface area contributed by atoms with Crippen LogP contribution in [0, 0.1) is 11.6 Å². The summed E-state index contributed by atoms with van der Waals surface area (Å²) >= 11 is 5.91. The zero-order chi connectivity index (χ0) is 16.5. The number of nitrogens with zero attached hydrogens (tertiary/aromatic N) is 1. The van der Waals surface area contributed by atoms with E-state index in [1.54, 1.807) is 20.8 Å². The number of halogens is 3. The predicted molar refractivity (Wildman–Crippen MR) is 79.9 cm³/mol. The van der Waals surface area contributed by atoms with Gasteiger partial charge >= 0.3 is 6.09 Å². The van der Waals surface area contributed by atoms with Crippen LogP contribution in [0.2, 0.25) is 5.02 Å². The van der Waals surface area contributed by atoms with Crippen molar-refractivity contribution in [3.8, 4) is 0 Å². The van der Waals surface area contributed by atoms with Crippen molar-refractivity contribution >= 4 is 17.7 Å². The first-order valence-corrected chi connectivity index (χ1v) is 7.42. The number of rotatable bonds is 1. The van der Waals surface area contributed by atoms with Crippen LogP contribution >= 0.6 is 11.6 Å². The van der Waals surface area contributed by atoms with Gasteiger partial charge in [-0.3, -0.25) is 4.90 Å². The predicted octanol–water partition coefficient (Wildman–Crippen LogP) is 3.50. The molecule has 1 unspecified atom stereocenters. The molecule has 0 aromatic heterocycles. The average Bonchev–Trinajstić information content (AvgIpc) is 2.42. The molecule has 4 nitrogen and oxygen atoms in total. The minimum Gasteiger partial charge on any atom is -0.444 e. The molecule has 1 amide bonds. The van der Waals surface area contributed by atoms with Crippen molar-refractivity contribution in [1.82, 2.24) is 10.2 Å². The van der Waals surface area contributed by atoms with E-state index in [4.69, 9.17) is 16.3 Å². The summed E-state index contributed by atoms with van der Waals surface area (Å²) < 4.78 is 33.1. The molecule has 7 heteroatoms. The second kappa shape index (κ2) is 6.38. The molecule has 1 aliphatic heterocycles. The van der Waals surface area contributed by atoms with E-state index in [-0.39, 0.29) is 17.1 Å². The van der Waals surface area contributed by atoms with E-state index in [9.17, 15) is 13.6 Å². The van der Waals surface area contributed by atoms with Gasteiger partial charge in [0.2, 0.25) is 0 Å². The molecule has 1 atom stereocenters. The van der Waals surface area contributed by atoms with Crippen molar-refractivity contribution in [2.24, 2.45) is 0 Å². The van der Waals surface area contributed by atoms with Crippen molar-refractivity contribution in [3.63, 3.8) is 0 Å². The first kappa shape index (κ1) is 17.0. The minimum absolute atomic E-state index is 0.0280. The maximum absolute atomic E-state index is 14.1. The molecule has 1 aliphatic rings. The highest BCUT2D eigenvalue weighted by Gasteiger charge is 2.34. The van der Waals surface area contributed by atoms with E-state index in [2.05, 4.69) is 5.32 Å². The average molecular weight is 333 g/mol. The Morgan fingerprint density at radius 3 is 2.64 bits per heavy atom. The third-order valence-corrected chi connectivity index (χ3v) is 3.67. The first-order chi connectivity index (χ1) is 10.2. The third kappa shape index (κ3) is 3.67. The smallest absolute Gasteiger partial charge is 0.410 e. The monoisotopic (exact) mass is 332 g/mol. The Morgan fingerprint density at radius 1 is 1.36 bits per heavy atom. The molecule has 1 heterocycles.